The second-order valence-corrected chi connectivity index (χ2v) is 10.9. The van der Waals surface area contributed by atoms with E-state index in [2.05, 4.69) is 25.1 Å². The smallest absolute Gasteiger partial charge is 0.410 e. The van der Waals surface area contributed by atoms with Crippen molar-refractivity contribution in [2.24, 2.45) is 21.7 Å². The Balaban J connectivity index is 1.75. The van der Waals surface area contributed by atoms with Crippen molar-refractivity contribution in [2.75, 3.05) is 39.6 Å². The molecule has 1 unspecified atom stereocenters. The zero-order chi connectivity index (χ0) is 28.2. The molecule has 12 nitrogen and oxygen atoms in total. The van der Waals surface area contributed by atoms with E-state index in [0.717, 1.165) is 31.5 Å². The Morgan fingerprint density at radius 1 is 1.31 bits per heavy atom. The number of nitrogens with one attached hydrogen (secondary N) is 3. The van der Waals surface area contributed by atoms with Gasteiger partial charge in [0.15, 0.2) is 17.6 Å². The summed E-state index contributed by atoms with van der Waals surface area (Å²) in [5.74, 6) is 6.93. The van der Waals surface area contributed by atoms with Crippen molar-refractivity contribution in [2.45, 2.75) is 64.3 Å². The van der Waals surface area contributed by atoms with Crippen LogP contribution < -0.4 is 11.2 Å². The molecule has 1 saturated heterocycles. The van der Waals surface area contributed by atoms with Gasteiger partial charge in [-0.3, -0.25) is 40.9 Å². The molecule has 0 spiro atoms. The Labute approximate surface area is 235 Å². The number of halogens is 1. The lowest BCUT2D eigenvalue weighted by atomic mass is 9.89. The molecule has 1 aliphatic carbocycles. The van der Waals surface area contributed by atoms with Gasteiger partial charge in [0, 0.05) is 43.4 Å². The van der Waals surface area contributed by atoms with Crippen LogP contribution in [0.2, 0.25) is 0 Å². The normalized spacial score (nSPS) is 20.8. The minimum absolute atomic E-state index is 0.0457. The van der Waals surface area contributed by atoms with E-state index in [4.69, 9.17) is 33.0 Å². The summed E-state index contributed by atoms with van der Waals surface area (Å²) < 4.78 is 5.53. The number of carbonyl (C=O) groups is 1. The fraction of sp³-hybridized carbons (Fsp3) is 0.654. The molecule has 1 atom stereocenters. The van der Waals surface area contributed by atoms with E-state index in [0.29, 0.717) is 30.6 Å². The number of allylic oxidation sites excluding steroid dienone is 2. The molecule has 1 saturated carbocycles. The number of hydrazine groups is 1. The standard InChI is InChI=1S/C26H42ClN9O3/c1-19(28)39-16-23-8-5-11-35(23)17-34(15-20-6-3-2-4-7-20)18-36(30)25(24(29)33-26(37)38)32-13-21-9-10-22(27)14-31-12-21/h9,12,14,20,23,28H,2-8,10-11,13,15-18,30H2,1H3,(H2,29,33)(H,37,38). The summed E-state index contributed by atoms with van der Waals surface area (Å²) in [6.07, 6.45) is 12.4. The van der Waals surface area contributed by atoms with E-state index >= 15 is 0 Å². The zero-order valence-corrected chi connectivity index (χ0v) is 23.5. The van der Waals surface area contributed by atoms with Gasteiger partial charge in [0.05, 0.1) is 19.9 Å². The molecule has 1 amide bonds. The van der Waals surface area contributed by atoms with Crippen LogP contribution in [0.4, 0.5) is 4.79 Å². The van der Waals surface area contributed by atoms with Crippen LogP contribution >= 0.6 is 11.6 Å². The van der Waals surface area contributed by atoms with E-state index in [-0.39, 0.29) is 36.8 Å². The molecule has 0 aromatic carbocycles. The average Bonchev–Trinajstić information content (AvgIpc) is 3.21. The maximum absolute atomic E-state index is 11.3. The number of hydrogen-bond donors (Lipinski definition) is 5. The maximum Gasteiger partial charge on any atom is 0.410 e. The molecule has 6 N–H and O–H groups in total. The van der Waals surface area contributed by atoms with Gasteiger partial charge in [0.2, 0.25) is 0 Å². The number of nitrogens with two attached hydrogens (primary N) is 1. The van der Waals surface area contributed by atoms with Crippen LogP contribution in [0.15, 0.2) is 32.9 Å². The van der Waals surface area contributed by atoms with E-state index < -0.39 is 6.09 Å². The highest BCUT2D eigenvalue weighted by atomic mass is 35.5. The van der Waals surface area contributed by atoms with Crippen molar-refractivity contribution in [3.63, 3.8) is 0 Å². The molecular weight excluding hydrogens is 522 g/mol. The maximum atomic E-state index is 11.3. The third kappa shape index (κ3) is 10.7. The number of amides is 1. The summed E-state index contributed by atoms with van der Waals surface area (Å²) in [6.45, 7) is 5.00. The molecule has 3 rings (SSSR count). The number of carboxylic acid groups (broad SMARTS) is 1. The number of hydrogen-bond acceptors (Lipinski definition) is 9. The summed E-state index contributed by atoms with van der Waals surface area (Å²) >= 11 is 6.06. The first-order chi connectivity index (χ1) is 18.7. The third-order valence-corrected chi connectivity index (χ3v) is 7.37. The van der Waals surface area contributed by atoms with Crippen LogP contribution in [0, 0.1) is 16.7 Å². The van der Waals surface area contributed by atoms with Gasteiger partial charge in [0.25, 0.3) is 0 Å². The lowest BCUT2D eigenvalue weighted by Crippen LogP contribution is -2.55. The molecule has 0 bridgehead atoms. The quantitative estimate of drug-likeness (QED) is 0.0890. The van der Waals surface area contributed by atoms with Crippen LogP contribution in [0.3, 0.4) is 0 Å². The van der Waals surface area contributed by atoms with Gasteiger partial charge >= 0.3 is 6.09 Å². The molecule has 3 aliphatic rings. The van der Waals surface area contributed by atoms with Gasteiger partial charge < -0.3 is 9.84 Å². The number of ether oxygens (including phenoxy) is 1. The molecule has 13 heteroatoms. The predicted molar refractivity (Wildman–Crippen MR) is 154 cm³/mol. The Bertz CT molecular complexity index is 991. The van der Waals surface area contributed by atoms with E-state index in [9.17, 15) is 9.90 Å². The minimum atomic E-state index is -1.35. The van der Waals surface area contributed by atoms with Crippen LogP contribution in [0.1, 0.15) is 58.3 Å². The number of aliphatic imine (C=N–C) groups is 2. The fourth-order valence-corrected chi connectivity index (χ4v) is 5.35. The van der Waals surface area contributed by atoms with Crippen molar-refractivity contribution < 1.29 is 14.6 Å². The molecule has 216 valence electrons. The summed E-state index contributed by atoms with van der Waals surface area (Å²) in [7, 11) is 0. The molecular formula is C26H42ClN9O3. The van der Waals surface area contributed by atoms with Crippen molar-refractivity contribution in [1.82, 2.24) is 20.1 Å². The van der Waals surface area contributed by atoms with Gasteiger partial charge in [-0.25, -0.2) is 10.6 Å². The van der Waals surface area contributed by atoms with Gasteiger partial charge in [-0.15, -0.1) is 0 Å². The molecule has 0 aromatic heterocycles. The molecule has 0 aromatic rings. The number of amidine groups is 2. The van der Waals surface area contributed by atoms with Crippen LogP contribution in [-0.4, -0.2) is 95.4 Å². The lowest BCUT2D eigenvalue weighted by Gasteiger charge is -2.37. The molecule has 2 aliphatic heterocycles. The zero-order valence-electron chi connectivity index (χ0n) is 22.7. The SMILES string of the molecule is CC(=N)OCC1CCCN1CN(CC1CCCCC1)CN(N)C(=NCC1=CCC(Cl)=CN=C1)C(=N)NC(=O)O. The number of likely N-dealkylation sites (tertiary alicyclic amines) is 1. The Kier molecular flexibility index (Phi) is 12.4. The van der Waals surface area contributed by atoms with E-state index in [1.807, 2.05) is 6.08 Å². The second kappa shape index (κ2) is 15.7. The highest BCUT2D eigenvalue weighted by molar-refractivity contribution is 6.41. The monoisotopic (exact) mass is 563 g/mol. The van der Waals surface area contributed by atoms with Crippen molar-refractivity contribution in [3.05, 3.63) is 22.9 Å². The summed E-state index contributed by atoms with van der Waals surface area (Å²) in [5.41, 5.74) is 0.788. The summed E-state index contributed by atoms with van der Waals surface area (Å²) in [4.78, 5) is 24.6. The molecule has 39 heavy (non-hydrogen) atoms. The average molecular weight is 564 g/mol. The number of rotatable bonds is 10. The van der Waals surface area contributed by atoms with E-state index in [1.54, 1.807) is 19.3 Å². The lowest BCUT2D eigenvalue weighted by molar-refractivity contribution is 0.0542. The summed E-state index contributed by atoms with van der Waals surface area (Å²) in [6, 6.07) is 0.215. The van der Waals surface area contributed by atoms with Gasteiger partial charge in [-0.1, -0.05) is 36.9 Å². The highest BCUT2D eigenvalue weighted by Crippen LogP contribution is 2.25. The van der Waals surface area contributed by atoms with Crippen LogP contribution in [0.25, 0.3) is 0 Å². The van der Waals surface area contributed by atoms with Crippen LogP contribution in [0.5, 0.6) is 0 Å². The predicted octanol–water partition coefficient (Wildman–Crippen LogP) is 3.56. The second-order valence-electron chi connectivity index (χ2n) is 10.4. The first-order valence-corrected chi connectivity index (χ1v) is 14.0. The first kappa shape index (κ1) is 30.7. The van der Waals surface area contributed by atoms with E-state index in [1.165, 1.54) is 37.1 Å². The first-order valence-electron chi connectivity index (χ1n) is 13.6. The minimum Gasteiger partial charge on any atom is -0.480 e. The third-order valence-electron chi connectivity index (χ3n) is 7.12. The van der Waals surface area contributed by atoms with Crippen LogP contribution in [-0.2, 0) is 4.74 Å². The highest BCUT2D eigenvalue weighted by Gasteiger charge is 2.29. The molecule has 2 fully saturated rings. The van der Waals surface area contributed by atoms with Gasteiger partial charge in [-0.2, -0.15) is 0 Å². The molecule has 0 radical (unpaired) electrons. The van der Waals surface area contributed by atoms with Crippen molar-refractivity contribution in [1.29, 1.82) is 10.8 Å². The molecule has 2 heterocycles. The van der Waals surface area contributed by atoms with Crippen molar-refractivity contribution in [3.8, 4) is 0 Å². The Morgan fingerprint density at radius 2 is 2.08 bits per heavy atom. The number of nitrogens with zero attached hydrogens (tertiary/aromatic N) is 5. The summed E-state index contributed by atoms with van der Waals surface area (Å²) in [5, 5.41) is 29.3. The van der Waals surface area contributed by atoms with Gasteiger partial charge in [-0.05, 0) is 43.7 Å². The fourth-order valence-electron chi connectivity index (χ4n) is 5.22. The van der Waals surface area contributed by atoms with Gasteiger partial charge in [0.1, 0.15) is 6.61 Å². The largest absolute Gasteiger partial charge is 0.480 e. The Hall–Kier alpha value is -2.80. The van der Waals surface area contributed by atoms with Crippen molar-refractivity contribution >= 4 is 41.5 Å². The Morgan fingerprint density at radius 3 is 2.79 bits per heavy atom. The topological polar surface area (TPSA) is 167 Å².